The molecule has 2 fully saturated rings. The lowest BCUT2D eigenvalue weighted by Crippen LogP contribution is -2.53. The van der Waals surface area contributed by atoms with Crippen LogP contribution in [0.5, 0.6) is 0 Å². The number of nitrogens with zero attached hydrogens (tertiary/aromatic N) is 1. The predicted molar refractivity (Wildman–Crippen MR) is 87.9 cm³/mol. The zero-order chi connectivity index (χ0) is 16.3. The molecule has 0 saturated carbocycles. The number of rotatable bonds is 5. The average Bonchev–Trinajstić information content (AvgIpc) is 2.86. The van der Waals surface area contributed by atoms with Crippen molar-refractivity contribution in [2.75, 3.05) is 24.7 Å². The molecule has 0 spiro atoms. The van der Waals surface area contributed by atoms with Gasteiger partial charge < -0.3 is 9.64 Å². The van der Waals surface area contributed by atoms with E-state index in [4.69, 9.17) is 4.74 Å². The number of carbonyl (C=O) groups is 1. The number of ether oxygens (including phenoxy) is 1. The first-order valence-corrected chi connectivity index (χ1v) is 10.0. The van der Waals surface area contributed by atoms with E-state index in [1.807, 2.05) is 18.2 Å². The largest absolute Gasteiger partial charge is 0.373 e. The molecule has 0 radical (unpaired) electrons. The fraction of sp³-hybridized carbons (Fsp3) is 0.588. The van der Waals surface area contributed by atoms with Gasteiger partial charge in [-0.15, -0.1) is 0 Å². The van der Waals surface area contributed by atoms with Crippen molar-refractivity contribution in [1.82, 2.24) is 4.90 Å². The van der Waals surface area contributed by atoms with Gasteiger partial charge in [0.05, 0.1) is 30.3 Å². The minimum atomic E-state index is -3.08. The number of aryl methyl sites for hydroxylation is 1. The number of fused-ring (bicyclic) bond motifs is 1. The van der Waals surface area contributed by atoms with E-state index in [-0.39, 0.29) is 29.6 Å². The van der Waals surface area contributed by atoms with Crippen LogP contribution in [-0.2, 0) is 25.8 Å². The van der Waals surface area contributed by atoms with Crippen LogP contribution in [0.1, 0.15) is 24.8 Å². The van der Waals surface area contributed by atoms with Gasteiger partial charge in [-0.3, -0.25) is 4.79 Å². The minimum Gasteiger partial charge on any atom is -0.373 e. The molecule has 5 nitrogen and oxygen atoms in total. The maximum Gasteiger partial charge on any atom is 0.223 e. The minimum absolute atomic E-state index is 0.0490. The van der Waals surface area contributed by atoms with Crippen LogP contribution in [0.2, 0.25) is 0 Å². The second-order valence-electron chi connectivity index (χ2n) is 6.33. The predicted octanol–water partition coefficient (Wildman–Crippen LogP) is 1.42. The van der Waals surface area contributed by atoms with Crippen LogP contribution in [0.4, 0.5) is 0 Å². The van der Waals surface area contributed by atoms with Crippen LogP contribution in [0.15, 0.2) is 30.3 Å². The third-order valence-electron chi connectivity index (χ3n) is 4.61. The maximum absolute atomic E-state index is 12.4. The molecule has 0 aromatic heterocycles. The Balaban J connectivity index is 1.48. The van der Waals surface area contributed by atoms with Crippen molar-refractivity contribution in [3.8, 4) is 0 Å². The normalized spacial score (nSPS) is 26.0. The molecule has 126 valence electrons. The SMILES string of the molecule is O=C(CCCCc1ccccc1)N1CCOC2CS(=O)(=O)CC21. The summed E-state index contributed by atoms with van der Waals surface area (Å²) >= 11 is 0. The number of hydrogen-bond donors (Lipinski definition) is 0. The molecule has 1 amide bonds. The number of morpholine rings is 1. The number of carbonyl (C=O) groups excluding carboxylic acids is 1. The molecule has 2 heterocycles. The highest BCUT2D eigenvalue weighted by molar-refractivity contribution is 7.91. The monoisotopic (exact) mass is 337 g/mol. The topological polar surface area (TPSA) is 63.7 Å². The van der Waals surface area contributed by atoms with Crippen LogP contribution < -0.4 is 0 Å². The molecule has 0 bridgehead atoms. The molecule has 2 unspecified atom stereocenters. The van der Waals surface area contributed by atoms with E-state index in [0.29, 0.717) is 19.6 Å². The van der Waals surface area contributed by atoms with E-state index in [9.17, 15) is 13.2 Å². The summed E-state index contributed by atoms with van der Waals surface area (Å²) in [7, 11) is -3.08. The summed E-state index contributed by atoms with van der Waals surface area (Å²) in [6.07, 6.45) is 2.91. The van der Waals surface area contributed by atoms with Gasteiger partial charge in [0.25, 0.3) is 0 Å². The Morgan fingerprint density at radius 1 is 1.17 bits per heavy atom. The average molecular weight is 337 g/mol. The Bertz CT molecular complexity index is 644. The maximum atomic E-state index is 12.4. The van der Waals surface area contributed by atoms with Gasteiger partial charge in [-0.1, -0.05) is 30.3 Å². The summed E-state index contributed by atoms with van der Waals surface area (Å²) in [6, 6.07) is 9.95. The van der Waals surface area contributed by atoms with Crippen LogP contribution in [0, 0.1) is 0 Å². The van der Waals surface area contributed by atoms with Gasteiger partial charge in [-0.05, 0) is 24.8 Å². The fourth-order valence-corrected chi connectivity index (χ4v) is 5.29. The molecule has 2 saturated heterocycles. The lowest BCUT2D eigenvalue weighted by Gasteiger charge is -2.36. The summed E-state index contributed by atoms with van der Waals surface area (Å²) in [6.45, 7) is 0.945. The highest BCUT2D eigenvalue weighted by Gasteiger charge is 2.45. The van der Waals surface area contributed by atoms with Crippen LogP contribution in [0.25, 0.3) is 0 Å². The summed E-state index contributed by atoms with van der Waals surface area (Å²) in [5, 5.41) is 0. The first-order chi connectivity index (χ1) is 11.1. The Hall–Kier alpha value is -1.40. The zero-order valence-corrected chi connectivity index (χ0v) is 14.0. The van der Waals surface area contributed by atoms with E-state index in [0.717, 1.165) is 19.3 Å². The molecule has 6 heteroatoms. The van der Waals surface area contributed by atoms with Gasteiger partial charge >= 0.3 is 0 Å². The van der Waals surface area contributed by atoms with Gasteiger partial charge in [0.15, 0.2) is 9.84 Å². The lowest BCUT2D eigenvalue weighted by molar-refractivity contribution is -0.142. The Morgan fingerprint density at radius 2 is 1.96 bits per heavy atom. The van der Waals surface area contributed by atoms with E-state index in [1.165, 1.54) is 5.56 Å². The van der Waals surface area contributed by atoms with Crippen molar-refractivity contribution in [1.29, 1.82) is 0 Å². The number of unbranched alkanes of at least 4 members (excludes halogenated alkanes) is 1. The zero-order valence-electron chi connectivity index (χ0n) is 13.2. The second kappa shape index (κ2) is 7.01. The number of sulfone groups is 1. The quantitative estimate of drug-likeness (QED) is 0.763. The highest BCUT2D eigenvalue weighted by Crippen LogP contribution is 2.25. The second-order valence-corrected chi connectivity index (χ2v) is 8.49. The molecule has 2 aliphatic rings. The third-order valence-corrected chi connectivity index (χ3v) is 6.29. The summed E-state index contributed by atoms with van der Waals surface area (Å²) in [4.78, 5) is 14.2. The van der Waals surface area contributed by atoms with Crippen molar-refractivity contribution in [2.45, 2.75) is 37.8 Å². The summed E-state index contributed by atoms with van der Waals surface area (Å²) in [5.74, 6) is 0.163. The fourth-order valence-electron chi connectivity index (χ4n) is 3.42. The summed E-state index contributed by atoms with van der Waals surface area (Å²) < 4.78 is 29.1. The molecule has 0 aliphatic carbocycles. The molecular weight excluding hydrogens is 314 g/mol. The molecule has 1 aromatic rings. The van der Waals surface area contributed by atoms with Gasteiger partial charge in [0.2, 0.25) is 5.91 Å². The van der Waals surface area contributed by atoms with Crippen molar-refractivity contribution in [2.24, 2.45) is 0 Å². The van der Waals surface area contributed by atoms with E-state index in [1.54, 1.807) is 4.90 Å². The van der Waals surface area contributed by atoms with Crippen LogP contribution in [-0.4, -0.2) is 56.0 Å². The first-order valence-electron chi connectivity index (χ1n) is 8.20. The standard InChI is InChI=1S/C17H23NO4S/c19-17(9-5-4-8-14-6-2-1-3-7-14)18-10-11-22-16-13-23(20,21)12-15(16)18/h1-3,6-7,15-16H,4-5,8-13H2. The van der Waals surface area contributed by atoms with Crippen LogP contribution >= 0.6 is 0 Å². The van der Waals surface area contributed by atoms with E-state index >= 15 is 0 Å². The third kappa shape index (κ3) is 4.12. The number of benzene rings is 1. The van der Waals surface area contributed by atoms with Crippen molar-refractivity contribution in [3.05, 3.63) is 35.9 Å². The highest BCUT2D eigenvalue weighted by atomic mass is 32.2. The molecular formula is C17H23NO4S. The summed E-state index contributed by atoms with van der Waals surface area (Å²) in [5.41, 5.74) is 1.29. The smallest absolute Gasteiger partial charge is 0.223 e. The van der Waals surface area contributed by atoms with E-state index in [2.05, 4.69) is 12.1 Å². The van der Waals surface area contributed by atoms with Gasteiger partial charge in [-0.2, -0.15) is 0 Å². The Kier molecular flexibility index (Phi) is 5.02. The van der Waals surface area contributed by atoms with Crippen molar-refractivity contribution < 1.29 is 17.9 Å². The number of amides is 1. The molecule has 1 aromatic carbocycles. The number of hydrogen-bond acceptors (Lipinski definition) is 4. The Labute approximate surface area is 137 Å². The van der Waals surface area contributed by atoms with Gasteiger partial charge in [0, 0.05) is 13.0 Å². The molecule has 2 atom stereocenters. The molecule has 2 aliphatic heterocycles. The molecule has 3 rings (SSSR count). The first kappa shape index (κ1) is 16.5. The Morgan fingerprint density at radius 3 is 2.74 bits per heavy atom. The van der Waals surface area contributed by atoms with E-state index < -0.39 is 9.84 Å². The van der Waals surface area contributed by atoms with Gasteiger partial charge in [-0.25, -0.2) is 8.42 Å². The molecule has 0 N–H and O–H groups in total. The van der Waals surface area contributed by atoms with Crippen LogP contribution in [0.3, 0.4) is 0 Å². The van der Waals surface area contributed by atoms with Crippen molar-refractivity contribution >= 4 is 15.7 Å². The van der Waals surface area contributed by atoms with Crippen molar-refractivity contribution in [3.63, 3.8) is 0 Å². The van der Waals surface area contributed by atoms with Gasteiger partial charge in [0.1, 0.15) is 0 Å². The lowest BCUT2D eigenvalue weighted by atomic mass is 10.1. The molecule has 23 heavy (non-hydrogen) atoms.